The molecule has 0 radical (unpaired) electrons. The van der Waals surface area contributed by atoms with Crippen molar-refractivity contribution in [2.75, 3.05) is 6.54 Å². The number of nitrogens with zero attached hydrogens (tertiary/aromatic N) is 3. The Labute approximate surface area is 171 Å². The minimum absolute atomic E-state index is 0. The van der Waals surface area contributed by atoms with Gasteiger partial charge in [-0.15, -0.1) is 24.0 Å². The molecular formula is C20H24IN5. The molecule has 0 atom stereocenters. The zero-order valence-electron chi connectivity index (χ0n) is 14.6. The van der Waals surface area contributed by atoms with E-state index >= 15 is 0 Å². The first-order valence-corrected chi connectivity index (χ1v) is 8.41. The minimum atomic E-state index is 0. The number of imidazole rings is 1. The summed E-state index contributed by atoms with van der Waals surface area (Å²) >= 11 is 0. The van der Waals surface area contributed by atoms with Crippen LogP contribution in [0.2, 0.25) is 0 Å². The lowest BCUT2D eigenvalue weighted by Crippen LogP contribution is -2.33. The van der Waals surface area contributed by atoms with Crippen LogP contribution in [0.15, 0.2) is 78.3 Å². The number of nitrogens with two attached hydrogens (primary N) is 1. The summed E-state index contributed by atoms with van der Waals surface area (Å²) in [6.07, 6.45) is 6.49. The van der Waals surface area contributed by atoms with Crippen molar-refractivity contribution in [1.82, 2.24) is 14.9 Å². The summed E-state index contributed by atoms with van der Waals surface area (Å²) < 4.78 is 2.04. The van der Waals surface area contributed by atoms with E-state index in [0.29, 0.717) is 12.5 Å². The van der Waals surface area contributed by atoms with E-state index in [9.17, 15) is 0 Å². The van der Waals surface area contributed by atoms with E-state index in [2.05, 4.69) is 51.7 Å². The van der Waals surface area contributed by atoms with E-state index in [1.54, 1.807) is 6.20 Å². The largest absolute Gasteiger partial charge is 0.370 e. The number of hydrogen-bond acceptors (Lipinski definition) is 2. The van der Waals surface area contributed by atoms with Gasteiger partial charge in [0.2, 0.25) is 0 Å². The van der Waals surface area contributed by atoms with Crippen LogP contribution in [0.25, 0.3) is 0 Å². The van der Waals surface area contributed by atoms with Crippen LogP contribution in [0, 0.1) is 0 Å². The Hall–Kier alpha value is -2.35. The smallest absolute Gasteiger partial charge is 0.188 e. The Morgan fingerprint density at radius 2 is 1.81 bits per heavy atom. The van der Waals surface area contributed by atoms with Crippen molar-refractivity contribution in [3.63, 3.8) is 0 Å². The maximum Gasteiger partial charge on any atom is 0.188 e. The van der Waals surface area contributed by atoms with Crippen molar-refractivity contribution in [2.24, 2.45) is 10.7 Å². The molecule has 26 heavy (non-hydrogen) atoms. The van der Waals surface area contributed by atoms with Gasteiger partial charge in [0.05, 0.1) is 12.9 Å². The van der Waals surface area contributed by atoms with Gasteiger partial charge in [0.25, 0.3) is 0 Å². The third-order valence-corrected chi connectivity index (χ3v) is 3.91. The monoisotopic (exact) mass is 461 g/mol. The first-order valence-electron chi connectivity index (χ1n) is 8.41. The molecule has 0 amide bonds. The molecule has 3 aromatic rings. The van der Waals surface area contributed by atoms with E-state index in [-0.39, 0.29) is 24.0 Å². The van der Waals surface area contributed by atoms with Crippen molar-refractivity contribution < 1.29 is 0 Å². The molecule has 136 valence electrons. The standard InChI is InChI=1S/C20H23N5.HI/c21-20(23-10-9-17-5-2-1-3-6-17)24-14-18-7-4-8-19(13-18)15-25-12-11-22-16-25;/h1-8,11-13,16H,9-10,14-15H2,(H3,21,23,24);1H. The topological polar surface area (TPSA) is 68.2 Å². The number of hydrogen-bond donors (Lipinski definition) is 2. The van der Waals surface area contributed by atoms with Crippen molar-refractivity contribution >= 4 is 29.9 Å². The van der Waals surface area contributed by atoms with Gasteiger partial charge in [-0.25, -0.2) is 9.98 Å². The molecule has 0 bridgehead atoms. The second-order valence-corrected chi connectivity index (χ2v) is 5.92. The summed E-state index contributed by atoms with van der Waals surface area (Å²) in [4.78, 5) is 8.49. The van der Waals surface area contributed by atoms with Gasteiger partial charge in [0, 0.05) is 25.5 Å². The van der Waals surface area contributed by atoms with Crippen LogP contribution >= 0.6 is 24.0 Å². The Morgan fingerprint density at radius 3 is 2.58 bits per heavy atom. The van der Waals surface area contributed by atoms with Crippen LogP contribution in [-0.2, 0) is 19.5 Å². The molecule has 0 fully saturated rings. The fraction of sp³-hybridized carbons (Fsp3) is 0.200. The number of halogens is 1. The molecule has 1 heterocycles. The molecule has 6 heteroatoms. The summed E-state index contributed by atoms with van der Waals surface area (Å²) in [6, 6.07) is 18.7. The van der Waals surface area contributed by atoms with E-state index in [4.69, 9.17) is 5.73 Å². The number of benzene rings is 2. The third kappa shape index (κ3) is 6.51. The fourth-order valence-corrected chi connectivity index (χ4v) is 2.63. The van der Waals surface area contributed by atoms with Gasteiger partial charge in [0.1, 0.15) is 0 Å². The molecule has 0 saturated carbocycles. The van der Waals surface area contributed by atoms with Crippen LogP contribution in [0.3, 0.4) is 0 Å². The SMILES string of the molecule is I.NC(=NCc1cccc(Cn2ccnc2)c1)NCCc1ccccc1. The first-order chi connectivity index (χ1) is 12.3. The highest BCUT2D eigenvalue weighted by Crippen LogP contribution is 2.08. The molecular weight excluding hydrogens is 437 g/mol. The highest BCUT2D eigenvalue weighted by atomic mass is 127. The summed E-state index contributed by atoms with van der Waals surface area (Å²) in [5, 5.41) is 3.17. The van der Waals surface area contributed by atoms with Crippen LogP contribution in [0.1, 0.15) is 16.7 Å². The summed E-state index contributed by atoms with van der Waals surface area (Å²) in [6.45, 7) is 2.16. The number of rotatable bonds is 7. The zero-order valence-corrected chi connectivity index (χ0v) is 16.9. The highest BCUT2D eigenvalue weighted by molar-refractivity contribution is 14.0. The van der Waals surface area contributed by atoms with Gasteiger partial charge >= 0.3 is 0 Å². The van der Waals surface area contributed by atoms with Crippen LogP contribution < -0.4 is 11.1 Å². The molecule has 2 aromatic carbocycles. The fourth-order valence-electron chi connectivity index (χ4n) is 2.63. The lowest BCUT2D eigenvalue weighted by molar-refractivity contribution is 0.795. The van der Waals surface area contributed by atoms with Crippen molar-refractivity contribution in [1.29, 1.82) is 0 Å². The Kier molecular flexibility index (Phi) is 8.14. The molecule has 0 aliphatic heterocycles. The Morgan fingerprint density at radius 1 is 1.04 bits per heavy atom. The number of guanidine groups is 1. The molecule has 3 N–H and O–H groups in total. The molecule has 1 aromatic heterocycles. The number of nitrogens with one attached hydrogen (secondary N) is 1. The lowest BCUT2D eigenvalue weighted by Gasteiger charge is -2.07. The predicted octanol–water partition coefficient (Wildman–Crippen LogP) is 3.20. The van der Waals surface area contributed by atoms with Crippen molar-refractivity contribution in [3.05, 3.63) is 90.0 Å². The van der Waals surface area contributed by atoms with Crippen molar-refractivity contribution in [2.45, 2.75) is 19.5 Å². The maximum atomic E-state index is 5.96. The van der Waals surface area contributed by atoms with Gasteiger partial charge in [-0.3, -0.25) is 0 Å². The molecule has 3 rings (SSSR count). The maximum absolute atomic E-state index is 5.96. The van der Waals surface area contributed by atoms with Gasteiger partial charge in [-0.2, -0.15) is 0 Å². The van der Waals surface area contributed by atoms with Crippen LogP contribution in [0.4, 0.5) is 0 Å². The predicted molar refractivity (Wildman–Crippen MR) is 117 cm³/mol. The van der Waals surface area contributed by atoms with E-state index in [1.165, 1.54) is 11.1 Å². The summed E-state index contributed by atoms with van der Waals surface area (Å²) in [5.74, 6) is 0.482. The van der Waals surface area contributed by atoms with E-state index < -0.39 is 0 Å². The quantitative estimate of drug-likeness (QED) is 0.323. The van der Waals surface area contributed by atoms with Gasteiger partial charge in [-0.1, -0.05) is 54.6 Å². The normalized spacial score (nSPS) is 11.0. The Balaban J connectivity index is 0.00000243. The second-order valence-electron chi connectivity index (χ2n) is 5.92. The minimum Gasteiger partial charge on any atom is -0.370 e. The molecule has 5 nitrogen and oxygen atoms in total. The average Bonchev–Trinajstić information content (AvgIpc) is 3.14. The number of aliphatic imine (C=N–C) groups is 1. The van der Waals surface area contributed by atoms with Gasteiger partial charge in [0.15, 0.2) is 5.96 Å². The summed E-state index contributed by atoms with van der Waals surface area (Å²) in [7, 11) is 0. The molecule has 0 aliphatic carbocycles. The molecule has 0 aliphatic rings. The molecule has 0 saturated heterocycles. The van der Waals surface area contributed by atoms with E-state index in [0.717, 1.165) is 25.1 Å². The van der Waals surface area contributed by atoms with Gasteiger partial charge in [-0.05, 0) is 23.1 Å². The molecule has 0 spiro atoms. The van der Waals surface area contributed by atoms with Gasteiger partial charge < -0.3 is 15.6 Å². The highest BCUT2D eigenvalue weighted by Gasteiger charge is 1.98. The van der Waals surface area contributed by atoms with E-state index in [1.807, 2.05) is 35.3 Å². The average molecular weight is 461 g/mol. The lowest BCUT2D eigenvalue weighted by atomic mass is 10.1. The van der Waals surface area contributed by atoms with Crippen molar-refractivity contribution in [3.8, 4) is 0 Å². The Bertz CT molecular complexity index is 800. The van der Waals surface area contributed by atoms with Crippen LogP contribution in [-0.4, -0.2) is 22.1 Å². The zero-order chi connectivity index (χ0) is 17.3. The molecule has 0 unspecified atom stereocenters. The first kappa shape index (κ1) is 20.0. The number of aromatic nitrogens is 2. The van der Waals surface area contributed by atoms with Crippen LogP contribution in [0.5, 0.6) is 0 Å². The summed E-state index contributed by atoms with van der Waals surface area (Å²) in [5.41, 5.74) is 9.61. The third-order valence-electron chi connectivity index (χ3n) is 3.91. The second kappa shape index (κ2) is 10.6.